The van der Waals surface area contributed by atoms with E-state index in [0.717, 1.165) is 28.0 Å². The summed E-state index contributed by atoms with van der Waals surface area (Å²) in [5.41, 5.74) is 4.75. The van der Waals surface area contributed by atoms with E-state index >= 15 is 0 Å². The summed E-state index contributed by atoms with van der Waals surface area (Å²) in [4.78, 5) is 28.8. The Morgan fingerprint density at radius 1 is 0.944 bits per heavy atom. The van der Waals surface area contributed by atoms with Gasteiger partial charge in [-0.2, -0.15) is 9.67 Å². The number of rotatable bonds is 5. The highest BCUT2D eigenvalue weighted by Gasteiger charge is 2.47. The summed E-state index contributed by atoms with van der Waals surface area (Å²) >= 11 is 0. The summed E-state index contributed by atoms with van der Waals surface area (Å²) < 4.78 is 2.96. The third-order valence-electron chi connectivity index (χ3n) is 6.45. The van der Waals surface area contributed by atoms with Gasteiger partial charge in [-0.25, -0.2) is 9.58 Å². The number of carbonyl (C=O) groups excluding carboxylic acids is 2. The zero-order valence-corrected chi connectivity index (χ0v) is 20.6. The van der Waals surface area contributed by atoms with E-state index in [4.69, 9.17) is 0 Å². The van der Waals surface area contributed by atoms with Crippen molar-refractivity contribution in [1.82, 2.24) is 9.78 Å². The first-order valence-corrected chi connectivity index (χ1v) is 11.8. The van der Waals surface area contributed by atoms with Gasteiger partial charge in [0.1, 0.15) is 5.57 Å². The Kier molecular flexibility index (Phi) is 5.76. The van der Waals surface area contributed by atoms with Gasteiger partial charge in [0.2, 0.25) is 0 Å². The lowest BCUT2D eigenvalue weighted by atomic mass is 10.0. The van der Waals surface area contributed by atoms with Gasteiger partial charge < -0.3 is 5.11 Å². The number of pyridine rings is 1. The first-order chi connectivity index (χ1) is 17.3. The quantitative estimate of drug-likeness (QED) is 0.324. The third kappa shape index (κ3) is 3.69. The maximum atomic E-state index is 13.9. The van der Waals surface area contributed by atoms with Crippen LogP contribution in [0.3, 0.4) is 0 Å². The summed E-state index contributed by atoms with van der Waals surface area (Å²) in [5, 5.41) is 18.3. The molecule has 1 aliphatic rings. The normalized spacial score (nSPS) is 13.7. The zero-order valence-electron chi connectivity index (χ0n) is 20.6. The minimum Gasteiger partial charge on any atom is -0.858 e. The van der Waals surface area contributed by atoms with Crippen LogP contribution >= 0.6 is 0 Å². The average molecular weight is 479 g/mol. The maximum Gasteiger partial charge on any atom is 0.331 e. The molecule has 0 saturated carbocycles. The monoisotopic (exact) mass is 478 g/mol. The minimum absolute atomic E-state index is 0.0561. The van der Waals surface area contributed by atoms with Crippen LogP contribution in [0.25, 0.3) is 17.0 Å². The third-order valence-corrected chi connectivity index (χ3v) is 6.45. The largest absolute Gasteiger partial charge is 0.858 e. The van der Waals surface area contributed by atoms with Crippen LogP contribution < -0.4 is 14.6 Å². The highest BCUT2D eigenvalue weighted by molar-refractivity contribution is 6.53. The molecule has 5 rings (SSSR count). The van der Waals surface area contributed by atoms with Crippen molar-refractivity contribution in [2.24, 2.45) is 0 Å². The molecule has 0 fully saturated rings. The van der Waals surface area contributed by atoms with E-state index in [-0.39, 0.29) is 16.8 Å². The van der Waals surface area contributed by atoms with Crippen molar-refractivity contribution in [3.05, 3.63) is 101 Å². The molecular formula is C29H26N4O3. The van der Waals surface area contributed by atoms with Crippen molar-refractivity contribution in [3.63, 3.8) is 0 Å². The second-order valence-corrected chi connectivity index (χ2v) is 8.95. The van der Waals surface area contributed by atoms with E-state index in [1.54, 1.807) is 42.0 Å². The maximum absolute atomic E-state index is 13.9. The van der Waals surface area contributed by atoms with Crippen molar-refractivity contribution < 1.29 is 19.3 Å². The van der Waals surface area contributed by atoms with E-state index < -0.39 is 17.7 Å². The van der Waals surface area contributed by atoms with E-state index in [2.05, 4.69) is 5.10 Å². The average Bonchev–Trinajstić information content (AvgIpc) is 3.30. The molecule has 1 aliphatic heterocycles. The van der Waals surface area contributed by atoms with Crippen LogP contribution in [-0.2, 0) is 16.0 Å². The Morgan fingerprint density at radius 2 is 1.69 bits per heavy atom. The van der Waals surface area contributed by atoms with Gasteiger partial charge in [0.05, 0.1) is 17.1 Å². The topological polar surface area (TPSA) is 82.1 Å². The Labute approximate surface area is 209 Å². The van der Waals surface area contributed by atoms with Crippen LogP contribution in [-0.4, -0.2) is 21.6 Å². The molecule has 180 valence electrons. The molecule has 4 aromatic rings. The first kappa shape index (κ1) is 23.2. The molecule has 0 spiro atoms. The number of aryl methyl sites for hydroxylation is 4. The molecule has 36 heavy (non-hydrogen) atoms. The summed E-state index contributed by atoms with van der Waals surface area (Å²) in [6.45, 7) is 7.60. The standard InChI is InChI=1S/C29H26N4O3/c1-5-21-10-9-15-31(17-21)26-25(27(34)32(29(26)36)22-11-7-6-8-12-22)24-20(4)30-33(28(24)35)23-14-13-18(2)16-19(23)3/h6-17H,5H2,1-4H3. The van der Waals surface area contributed by atoms with Crippen molar-refractivity contribution in [1.29, 1.82) is 0 Å². The molecule has 2 aromatic carbocycles. The molecule has 0 atom stereocenters. The molecule has 2 aromatic heterocycles. The molecule has 3 heterocycles. The fraction of sp³-hybridized carbons (Fsp3) is 0.172. The van der Waals surface area contributed by atoms with Crippen LogP contribution in [0.2, 0.25) is 0 Å². The highest BCUT2D eigenvalue weighted by atomic mass is 16.3. The molecule has 0 N–H and O–H groups in total. The summed E-state index contributed by atoms with van der Waals surface area (Å²) in [6, 6.07) is 18.3. The second kappa shape index (κ2) is 8.92. The Morgan fingerprint density at radius 3 is 2.39 bits per heavy atom. The number of amides is 2. The molecule has 7 nitrogen and oxygen atoms in total. The lowest BCUT2D eigenvalue weighted by Gasteiger charge is -2.16. The van der Waals surface area contributed by atoms with Gasteiger partial charge in [-0.15, -0.1) is 0 Å². The first-order valence-electron chi connectivity index (χ1n) is 11.8. The number of hydrogen-bond donors (Lipinski definition) is 0. The SMILES string of the molecule is CCc1ccc[n+](C2=C(c3c(C)nn(-c4ccc(C)cc4C)c3[O-])C(=O)N(c3ccccc3)C2=O)c1. The predicted octanol–water partition coefficient (Wildman–Crippen LogP) is 3.66. The Balaban J connectivity index is 1.76. The van der Waals surface area contributed by atoms with Crippen molar-refractivity contribution in [2.45, 2.75) is 34.1 Å². The summed E-state index contributed by atoms with van der Waals surface area (Å²) in [6.07, 6.45) is 4.30. The molecule has 7 heteroatoms. The fourth-order valence-electron chi connectivity index (χ4n) is 4.67. The number of nitrogens with zero attached hydrogens (tertiary/aromatic N) is 4. The molecular weight excluding hydrogens is 452 g/mol. The van der Waals surface area contributed by atoms with Crippen LogP contribution in [0.5, 0.6) is 5.88 Å². The predicted molar refractivity (Wildman–Crippen MR) is 135 cm³/mol. The van der Waals surface area contributed by atoms with E-state index in [9.17, 15) is 14.7 Å². The van der Waals surface area contributed by atoms with Crippen LogP contribution in [0, 0.1) is 20.8 Å². The molecule has 0 saturated heterocycles. The number of carbonyl (C=O) groups is 2. The number of hydrogen-bond acceptors (Lipinski definition) is 4. The van der Waals surface area contributed by atoms with Gasteiger partial charge >= 0.3 is 5.91 Å². The molecule has 2 amide bonds. The lowest BCUT2D eigenvalue weighted by molar-refractivity contribution is -0.577. The molecule has 0 unspecified atom stereocenters. The van der Waals surface area contributed by atoms with Crippen LogP contribution in [0.4, 0.5) is 5.69 Å². The van der Waals surface area contributed by atoms with Crippen molar-refractivity contribution >= 4 is 28.8 Å². The van der Waals surface area contributed by atoms with E-state index in [1.807, 2.05) is 63.4 Å². The lowest BCUT2D eigenvalue weighted by Crippen LogP contribution is -2.40. The van der Waals surface area contributed by atoms with Crippen LogP contribution in [0.1, 0.15) is 34.9 Å². The second-order valence-electron chi connectivity index (χ2n) is 8.95. The van der Waals surface area contributed by atoms with Gasteiger partial charge in [0, 0.05) is 17.2 Å². The summed E-state index contributed by atoms with van der Waals surface area (Å²) in [7, 11) is 0. The van der Waals surface area contributed by atoms with Gasteiger partial charge in [0.25, 0.3) is 11.6 Å². The number of aromatic nitrogens is 3. The summed E-state index contributed by atoms with van der Waals surface area (Å²) in [5.74, 6) is -1.47. The number of anilines is 1. The van der Waals surface area contributed by atoms with Gasteiger partial charge in [-0.3, -0.25) is 9.59 Å². The van der Waals surface area contributed by atoms with Crippen molar-refractivity contribution in [2.75, 3.05) is 4.90 Å². The zero-order chi connectivity index (χ0) is 25.6. The molecule has 0 bridgehead atoms. The Bertz CT molecular complexity index is 1550. The Hall–Kier alpha value is -4.52. The van der Waals surface area contributed by atoms with Crippen molar-refractivity contribution in [3.8, 4) is 11.6 Å². The molecule has 0 radical (unpaired) electrons. The highest BCUT2D eigenvalue weighted by Crippen LogP contribution is 2.38. The number of benzene rings is 2. The van der Waals surface area contributed by atoms with Gasteiger partial charge in [-0.05, 0) is 62.9 Å². The fourth-order valence-corrected chi connectivity index (χ4v) is 4.67. The van der Waals surface area contributed by atoms with E-state index in [0.29, 0.717) is 17.1 Å². The minimum atomic E-state index is -0.545. The number of para-hydroxylation sites is 1. The molecule has 0 aliphatic carbocycles. The van der Waals surface area contributed by atoms with E-state index in [1.165, 1.54) is 4.68 Å². The van der Waals surface area contributed by atoms with Gasteiger partial charge in [0.15, 0.2) is 12.4 Å². The van der Waals surface area contributed by atoms with Gasteiger partial charge in [-0.1, -0.05) is 42.8 Å². The smallest absolute Gasteiger partial charge is 0.331 e. The van der Waals surface area contributed by atoms with Crippen LogP contribution in [0.15, 0.2) is 73.1 Å². The number of imide groups is 1.